The van der Waals surface area contributed by atoms with Gasteiger partial charge in [-0.05, 0) is 30.7 Å². The van der Waals surface area contributed by atoms with E-state index in [2.05, 4.69) is 18.9 Å². The fourth-order valence-electron chi connectivity index (χ4n) is 2.64. The molecule has 2 atom stereocenters. The molecule has 0 spiro atoms. The molecule has 1 aliphatic rings. The van der Waals surface area contributed by atoms with E-state index in [1.807, 2.05) is 0 Å². The summed E-state index contributed by atoms with van der Waals surface area (Å²) in [4.78, 5) is 24.2. The molecule has 0 saturated heterocycles. The SMILES string of the molecule is CC(C)C1CCC(=O)C(C(=O)c2ccn(C)n2)C1. The van der Waals surface area contributed by atoms with E-state index in [4.69, 9.17) is 0 Å². The normalized spacial score (nSPS) is 24.6. The molecule has 1 heterocycles. The summed E-state index contributed by atoms with van der Waals surface area (Å²) >= 11 is 0. The highest BCUT2D eigenvalue weighted by Crippen LogP contribution is 2.33. The zero-order chi connectivity index (χ0) is 13.3. The third-order valence-corrected chi connectivity index (χ3v) is 3.91. The van der Waals surface area contributed by atoms with Crippen molar-refractivity contribution in [3.63, 3.8) is 0 Å². The zero-order valence-electron chi connectivity index (χ0n) is 11.2. The van der Waals surface area contributed by atoms with Crippen LogP contribution in [-0.4, -0.2) is 21.3 Å². The summed E-state index contributed by atoms with van der Waals surface area (Å²) in [5.41, 5.74) is 0.417. The second-order valence-corrected chi connectivity index (χ2v) is 5.54. The van der Waals surface area contributed by atoms with Gasteiger partial charge in [0.25, 0.3) is 0 Å². The molecule has 0 N–H and O–H groups in total. The summed E-state index contributed by atoms with van der Waals surface area (Å²) in [5, 5.41) is 4.11. The third-order valence-electron chi connectivity index (χ3n) is 3.91. The molecule has 2 unspecified atom stereocenters. The van der Waals surface area contributed by atoms with Crippen molar-refractivity contribution in [2.75, 3.05) is 0 Å². The first-order chi connectivity index (χ1) is 8.49. The standard InChI is InChI=1S/C14H20N2O2/c1-9(2)10-4-5-13(17)11(8-10)14(18)12-6-7-16(3)15-12/h6-7,9-11H,4-5,8H2,1-3H3. The van der Waals surface area contributed by atoms with Crippen LogP contribution in [0.5, 0.6) is 0 Å². The molecule has 4 nitrogen and oxygen atoms in total. The summed E-state index contributed by atoms with van der Waals surface area (Å²) in [7, 11) is 1.77. The average Bonchev–Trinajstić information content (AvgIpc) is 2.75. The summed E-state index contributed by atoms with van der Waals surface area (Å²) in [6.45, 7) is 4.31. The van der Waals surface area contributed by atoms with Gasteiger partial charge in [-0.1, -0.05) is 13.8 Å². The van der Waals surface area contributed by atoms with Crippen LogP contribution in [0.3, 0.4) is 0 Å². The second-order valence-electron chi connectivity index (χ2n) is 5.54. The Balaban J connectivity index is 2.15. The number of rotatable bonds is 3. The Morgan fingerprint density at radius 1 is 1.50 bits per heavy atom. The molecule has 2 rings (SSSR count). The van der Waals surface area contributed by atoms with Crippen LogP contribution in [0.25, 0.3) is 0 Å². The van der Waals surface area contributed by atoms with Gasteiger partial charge in [-0.2, -0.15) is 5.10 Å². The molecular weight excluding hydrogens is 228 g/mol. The number of carbonyl (C=O) groups excluding carboxylic acids is 2. The maximum absolute atomic E-state index is 12.3. The monoisotopic (exact) mass is 248 g/mol. The average molecular weight is 248 g/mol. The number of aryl methyl sites for hydroxylation is 1. The van der Waals surface area contributed by atoms with E-state index in [1.165, 1.54) is 0 Å². The number of hydrogen-bond donors (Lipinski definition) is 0. The smallest absolute Gasteiger partial charge is 0.193 e. The van der Waals surface area contributed by atoms with Crippen molar-refractivity contribution >= 4 is 11.6 Å². The van der Waals surface area contributed by atoms with Crippen molar-refractivity contribution in [1.82, 2.24) is 9.78 Å². The summed E-state index contributed by atoms with van der Waals surface area (Å²) in [6, 6.07) is 1.69. The number of carbonyl (C=O) groups is 2. The third kappa shape index (κ3) is 2.52. The van der Waals surface area contributed by atoms with Crippen molar-refractivity contribution in [2.45, 2.75) is 33.1 Å². The minimum atomic E-state index is -0.471. The Labute approximate surface area is 107 Å². The summed E-state index contributed by atoms with van der Waals surface area (Å²) in [6.07, 6.45) is 3.88. The largest absolute Gasteiger partial charge is 0.299 e. The lowest BCUT2D eigenvalue weighted by molar-refractivity contribution is -0.124. The van der Waals surface area contributed by atoms with Crippen LogP contribution in [0.4, 0.5) is 0 Å². The van der Waals surface area contributed by atoms with Crippen molar-refractivity contribution in [2.24, 2.45) is 24.8 Å². The fourth-order valence-corrected chi connectivity index (χ4v) is 2.64. The quantitative estimate of drug-likeness (QED) is 0.609. The lowest BCUT2D eigenvalue weighted by Crippen LogP contribution is -2.33. The van der Waals surface area contributed by atoms with Gasteiger partial charge in [0, 0.05) is 19.7 Å². The van der Waals surface area contributed by atoms with E-state index < -0.39 is 5.92 Å². The van der Waals surface area contributed by atoms with Crippen LogP contribution in [0.15, 0.2) is 12.3 Å². The van der Waals surface area contributed by atoms with Gasteiger partial charge in [0.1, 0.15) is 11.5 Å². The molecule has 1 saturated carbocycles. The zero-order valence-corrected chi connectivity index (χ0v) is 11.2. The van der Waals surface area contributed by atoms with Gasteiger partial charge in [0.2, 0.25) is 0 Å². The molecule has 0 radical (unpaired) electrons. The topological polar surface area (TPSA) is 52.0 Å². The van der Waals surface area contributed by atoms with Gasteiger partial charge in [0.05, 0.1) is 5.92 Å². The molecule has 1 aliphatic carbocycles. The Bertz CT molecular complexity index is 462. The number of ketones is 2. The Morgan fingerprint density at radius 2 is 2.22 bits per heavy atom. The summed E-state index contributed by atoms with van der Waals surface area (Å²) in [5.74, 6) is 0.507. The van der Waals surface area contributed by atoms with Crippen LogP contribution in [0, 0.1) is 17.8 Å². The van der Waals surface area contributed by atoms with Gasteiger partial charge >= 0.3 is 0 Å². The number of hydrogen-bond acceptors (Lipinski definition) is 3. The van der Waals surface area contributed by atoms with Crippen LogP contribution in [0.2, 0.25) is 0 Å². The molecular formula is C14H20N2O2. The van der Waals surface area contributed by atoms with Crippen molar-refractivity contribution in [3.05, 3.63) is 18.0 Å². The number of nitrogens with zero attached hydrogens (tertiary/aromatic N) is 2. The molecule has 0 aliphatic heterocycles. The molecule has 0 amide bonds. The van der Waals surface area contributed by atoms with Gasteiger partial charge in [-0.15, -0.1) is 0 Å². The molecule has 4 heteroatoms. The lowest BCUT2D eigenvalue weighted by Gasteiger charge is -2.29. The lowest BCUT2D eigenvalue weighted by atomic mass is 9.73. The first-order valence-corrected chi connectivity index (χ1v) is 6.55. The van der Waals surface area contributed by atoms with Gasteiger partial charge in [0.15, 0.2) is 5.78 Å². The highest BCUT2D eigenvalue weighted by Gasteiger charge is 2.35. The van der Waals surface area contributed by atoms with Crippen LogP contribution in [0.1, 0.15) is 43.6 Å². The van der Waals surface area contributed by atoms with E-state index in [1.54, 1.807) is 24.0 Å². The van der Waals surface area contributed by atoms with E-state index in [0.717, 1.165) is 6.42 Å². The first-order valence-electron chi connectivity index (χ1n) is 6.55. The first kappa shape index (κ1) is 13.0. The molecule has 98 valence electrons. The maximum atomic E-state index is 12.3. The predicted molar refractivity (Wildman–Crippen MR) is 68.2 cm³/mol. The van der Waals surface area contributed by atoms with Gasteiger partial charge in [-0.25, -0.2) is 0 Å². The van der Waals surface area contributed by atoms with Crippen LogP contribution in [-0.2, 0) is 11.8 Å². The van der Waals surface area contributed by atoms with Crippen LogP contribution < -0.4 is 0 Å². The Kier molecular flexibility index (Phi) is 3.64. The van der Waals surface area contributed by atoms with Crippen molar-refractivity contribution in [3.8, 4) is 0 Å². The van der Waals surface area contributed by atoms with Gasteiger partial charge < -0.3 is 0 Å². The Hall–Kier alpha value is -1.45. The van der Waals surface area contributed by atoms with Gasteiger partial charge in [-0.3, -0.25) is 14.3 Å². The highest BCUT2D eigenvalue weighted by atomic mass is 16.2. The Morgan fingerprint density at radius 3 is 2.78 bits per heavy atom. The van der Waals surface area contributed by atoms with E-state index in [9.17, 15) is 9.59 Å². The molecule has 18 heavy (non-hydrogen) atoms. The molecule has 1 fully saturated rings. The molecule has 1 aromatic rings. The van der Waals surface area contributed by atoms with Crippen molar-refractivity contribution < 1.29 is 9.59 Å². The van der Waals surface area contributed by atoms with Crippen molar-refractivity contribution in [1.29, 1.82) is 0 Å². The predicted octanol–water partition coefficient (Wildman–Crippen LogP) is 2.24. The van der Waals surface area contributed by atoms with E-state index in [0.29, 0.717) is 30.4 Å². The molecule has 0 bridgehead atoms. The maximum Gasteiger partial charge on any atom is 0.193 e. The van der Waals surface area contributed by atoms with E-state index in [-0.39, 0.29) is 11.6 Å². The number of Topliss-reactive ketones (excluding diaryl/α,β-unsaturated/α-hetero) is 2. The second kappa shape index (κ2) is 5.04. The molecule has 1 aromatic heterocycles. The summed E-state index contributed by atoms with van der Waals surface area (Å²) < 4.78 is 1.60. The van der Waals surface area contributed by atoms with E-state index >= 15 is 0 Å². The number of aromatic nitrogens is 2. The highest BCUT2D eigenvalue weighted by molar-refractivity contribution is 6.10. The van der Waals surface area contributed by atoms with Crippen LogP contribution >= 0.6 is 0 Å². The minimum Gasteiger partial charge on any atom is -0.299 e. The molecule has 0 aromatic carbocycles. The fraction of sp³-hybridized carbons (Fsp3) is 0.643. The minimum absolute atomic E-state index is 0.0857.